The second-order valence-corrected chi connectivity index (χ2v) is 5.82. The SMILES string of the molecule is CCN(CC)c1ccc(CNCC(O)c2ccsc2)cc1. The highest BCUT2D eigenvalue weighted by atomic mass is 32.1. The van der Waals surface area contributed by atoms with Crippen molar-refractivity contribution in [3.05, 3.63) is 52.2 Å². The normalized spacial score (nSPS) is 12.3. The van der Waals surface area contributed by atoms with Gasteiger partial charge in [-0.25, -0.2) is 0 Å². The summed E-state index contributed by atoms with van der Waals surface area (Å²) in [4.78, 5) is 2.33. The van der Waals surface area contributed by atoms with Crippen LogP contribution in [0, 0.1) is 0 Å². The van der Waals surface area contributed by atoms with E-state index in [1.165, 1.54) is 11.3 Å². The summed E-state index contributed by atoms with van der Waals surface area (Å²) >= 11 is 1.61. The molecule has 0 bridgehead atoms. The number of anilines is 1. The molecule has 21 heavy (non-hydrogen) atoms. The first-order chi connectivity index (χ1) is 10.2. The van der Waals surface area contributed by atoms with Crippen molar-refractivity contribution in [2.75, 3.05) is 24.5 Å². The third-order valence-corrected chi connectivity index (χ3v) is 4.36. The number of nitrogens with one attached hydrogen (secondary N) is 1. The van der Waals surface area contributed by atoms with Gasteiger partial charge in [0.05, 0.1) is 6.10 Å². The zero-order chi connectivity index (χ0) is 15.1. The fourth-order valence-electron chi connectivity index (χ4n) is 2.35. The van der Waals surface area contributed by atoms with Crippen molar-refractivity contribution in [3.63, 3.8) is 0 Å². The Morgan fingerprint density at radius 1 is 1.14 bits per heavy atom. The van der Waals surface area contributed by atoms with Crippen LogP contribution in [-0.2, 0) is 6.54 Å². The summed E-state index contributed by atoms with van der Waals surface area (Å²) in [6, 6.07) is 10.6. The molecule has 2 N–H and O–H groups in total. The van der Waals surface area contributed by atoms with Crippen molar-refractivity contribution in [1.29, 1.82) is 0 Å². The number of aliphatic hydroxyl groups excluding tert-OH is 1. The van der Waals surface area contributed by atoms with Gasteiger partial charge in [0.25, 0.3) is 0 Å². The summed E-state index contributed by atoms with van der Waals surface area (Å²) in [6.07, 6.45) is -0.425. The van der Waals surface area contributed by atoms with E-state index in [1.54, 1.807) is 11.3 Å². The minimum atomic E-state index is -0.425. The van der Waals surface area contributed by atoms with Gasteiger partial charge in [0.15, 0.2) is 0 Å². The van der Waals surface area contributed by atoms with Crippen LogP contribution < -0.4 is 10.2 Å². The third-order valence-electron chi connectivity index (χ3n) is 3.66. The lowest BCUT2D eigenvalue weighted by Gasteiger charge is -2.21. The van der Waals surface area contributed by atoms with Gasteiger partial charge >= 0.3 is 0 Å². The largest absolute Gasteiger partial charge is 0.387 e. The number of thiophene rings is 1. The standard InChI is InChI=1S/C17H24N2OS/c1-3-19(4-2)16-7-5-14(6-8-16)11-18-12-17(20)15-9-10-21-13-15/h5-10,13,17-18,20H,3-4,11-12H2,1-2H3. The molecule has 0 spiro atoms. The van der Waals surface area contributed by atoms with Crippen molar-refractivity contribution in [1.82, 2.24) is 5.32 Å². The maximum absolute atomic E-state index is 10.0. The van der Waals surface area contributed by atoms with Gasteiger partial charge in [0.1, 0.15) is 0 Å². The first-order valence-electron chi connectivity index (χ1n) is 7.49. The fourth-order valence-corrected chi connectivity index (χ4v) is 3.06. The molecule has 114 valence electrons. The smallest absolute Gasteiger partial charge is 0.0922 e. The number of nitrogens with zero attached hydrogens (tertiary/aromatic N) is 1. The number of hydrogen-bond donors (Lipinski definition) is 2. The molecular formula is C17H24N2OS. The Kier molecular flexibility index (Phi) is 6.23. The molecule has 0 aliphatic carbocycles. The van der Waals surface area contributed by atoms with Crippen LogP contribution in [0.4, 0.5) is 5.69 Å². The Morgan fingerprint density at radius 3 is 2.43 bits per heavy atom. The molecule has 4 heteroatoms. The topological polar surface area (TPSA) is 35.5 Å². The Hall–Kier alpha value is -1.36. The van der Waals surface area contributed by atoms with Crippen molar-refractivity contribution in [3.8, 4) is 0 Å². The lowest BCUT2D eigenvalue weighted by molar-refractivity contribution is 0.175. The molecule has 3 nitrogen and oxygen atoms in total. The predicted octanol–water partition coefficient (Wildman–Crippen LogP) is 3.42. The van der Waals surface area contributed by atoms with E-state index < -0.39 is 6.10 Å². The molecule has 1 unspecified atom stereocenters. The van der Waals surface area contributed by atoms with E-state index in [2.05, 4.69) is 48.3 Å². The average molecular weight is 304 g/mol. The summed E-state index contributed by atoms with van der Waals surface area (Å²) in [5.41, 5.74) is 3.50. The van der Waals surface area contributed by atoms with Crippen LogP contribution in [0.15, 0.2) is 41.1 Å². The van der Waals surface area contributed by atoms with Crippen LogP contribution in [-0.4, -0.2) is 24.7 Å². The van der Waals surface area contributed by atoms with Crippen LogP contribution >= 0.6 is 11.3 Å². The van der Waals surface area contributed by atoms with Crippen LogP contribution in [0.1, 0.15) is 31.1 Å². The fraction of sp³-hybridized carbons (Fsp3) is 0.412. The molecule has 0 amide bonds. The molecule has 0 saturated carbocycles. The van der Waals surface area contributed by atoms with E-state index in [-0.39, 0.29) is 0 Å². The van der Waals surface area contributed by atoms with E-state index >= 15 is 0 Å². The second kappa shape index (κ2) is 8.17. The first kappa shape index (κ1) is 16.0. The summed E-state index contributed by atoms with van der Waals surface area (Å²) in [6.45, 7) is 7.76. The highest BCUT2D eigenvalue weighted by molar-refractivity contribution is 7.07. The summed E-state index contributed by atoms with van der Waals surface area (Å²) in [5.74, 6) is 0. The Balaban J connectivity index is 1.81. The van der Waals surface area contributed by atoms with Crippen LogP contribution in [0.2, 0.25) is 0 Å². The zero-order valence-electron chi connectivity index (χ0n) is 12.7. The van der Waals surface area contributed by atoms with Gasteiger partial charge in [0, 0.05) is 31.9 Å². The number of aliphatic hydroxyl groups is 1. The molecule has 1 heterocycles. The van der Waals surface area contributed by atoms with Crippen molar-refractivity contribution >= 4 is 17.0 Å². The Bertz CT molecular complexity index is 506. The predicted molar refractivity (Wildman–Crippen MR) is 91.0 cm³/mol. The zero-order valence-corrected chi connectivity index (χ0v) is 13.6. The molecule has 2 rings (SSSR count). The molecule has 0 saturated heterocycles. The summed E-state index contributed by atoms with van der Waals surface area (Å²) in [5, 5.41) is 17.3. The molecule has 1 atom stereocenters. The van der Waals surface area contributed by atoms with Crippen molar-refractivity contribution < 1.29 is 5.11 Å². The number of hydrogen-bond acceptors (Lipinski definition) is 4. The molecule has 2 aromatic rings. The Labute approximate surface area is 131 Å². The van der Waals surface area contributed by atoms with Gasteiger partial charge in [-0.05, 0) is 53.9 Å². The quantitative estimate of drug-likeness (QED) is 0.784. The van der Waals surface area contributed by atoms with Gasteiger partial charge in [-0.1, -0.05) is 12.1 Å². The lowest BCUT2D eigenvalue weighted by Crippen LogP contribution is -2.22. The Morgan fingerprint density at radius 2 is 1.86 bits per heavy atom. The van der Waals surface area contributed by atoms with E-state index in [9.17, 15) is 5.11 Å². The minimum absolute atomic E-state index is 0.425. The highest BCUT2D eigenvalue weighted by Crippen LogP contribution is 2.16. The van der Waals surface area contributed by atoms with Crippen LogP contribution in [0.5, 0.6) is 0 Å². The molecule has 1 aromatic heterocycles. The molecule has 0 radical (unpaired) electrons. The van der Waals surface area contributed by atoms with E-state index in [4.69, 9.17) is 0 Å². The molecule has 0 aliphatic rings. The molecule has 1 aromatic carbocycles. The molecular weight excluding hydrogens is 280 g/mol. The van der Waals surface area contributed by atoms with Gasteiger partial charge < -0.3 is 15.3 Å². The average Bonchev–Trinajstić information content (AvgIpc) is 3.04. The summed E-state index contributed by atoms with van der Waals surface area (Å²) < 4.78 is 0. The van der Waals surface area contributed by atoms with Crippen molar-refractivity contribution in [2.24, 2.45) is 0 Å². The van der Waals surface area contributed by atoms with E-state index in [0.29, 0.717) is 6.54 Å². The third kappa shape index (κ3) is 4.56. The van der Waals surface area contributed by atoms with E-state index in [0.717, 1.165) is 25.2 Å². The second-order valence-electron chi connectivity index (χ2n) is 5.04. The highest BCUT2D eigenvalue weighted by Gasteiger charge is 2.07. The number of rotatable bonds is 8. The maximum atomic E-state index is 10.0. The van der Waals surface area contributed by atoms with Crippen molar-refractivity contribution in [2.45, 2.75) is 26.5 Å². The molecule has 0 fully saturated rings. The molecule has 0 aliphatic heterocycles. The minimum Gasteiger partial charge on any atom is -0.387 e. The lowest BCUT2D eigenvalue weighted by atomic mass is 10.1. The maximum Gasteiger partial charge on any atom is 0.0922 e. The van der Waals surface area contributed by atoms with Crippen LogP contribution in [0.25, 0.3) is 0 Å². The number of benzene rings is 1. The van der Waals surface area contributed by atoms with Gasteiger partial charge in [-0.2, -0.15) is 11.3 Å². The van der Waals surface area contributed by atoms with E-state index in [1.807, 2.05) is 16.8 Å². The van der Waals surface area contributed by atoms with Gasteiger partial charge in [-0.15, -0.1) is 0 Å². The monoisotopic (exact) mass is 304 g/mol. The van der Waals surface area contributed by atoms with Gasteiger partial charge in [-0.3, -0.25) is 0 Å². The van der Waals surface area contributed by atoms with Gasteiger partial charge in [0.2, 0.25) is 0 Å². The first-order valence-corrected chi connectivity index (χ1v) is 8.43. The summed E-state index contributed by atoms with van der Waals surface area (Å²) in [7, 11) is 0. The van der Waals surface area contributed by atoms with Crippen LogP contribution in [0.3, 0.4) is 0 Å².